The first-order valence-electron chi connectivity index (χ1n) is 9.52. The summed E-state index contributed by atoms with van der Waals surface area (Å²) in [5.74, 6) is 1.55. The van der Waals surface area contributed by atoms with Crippen molar-refractivity contribution in [2.75, 3.05) is 11.9 Å². The molecule has 7 heteroatoms. The third kappa shape index (κ3) is 4.47. The Bertz CT molecular complexity index is 1120. The highest BCUT2D eigenvalue weighted by Gasteiger charge is 2.14. The Hall–Kier alpha value is -4.13. The largest absolute Gasteiger partial charge is 0.494 e. The van der Waals surface area contributed by atoms with E-state index in [9.17, 15) is 4.79 Å². The Morgan fingerprint density at radius 3 is 2.40 bits per heavy atom. The van der Waals surface area contributed by atoms with Crippen LogP contribution in [0.1, 0.15) is 17.4 Å². The van der Waals surface area contributed by atoms with Gasteiger partial charge in [0, 0.05) is 0 Å². The maximum Gasteiger partial charge on any atom is 0.277 e. The van der Waals surface area contributed by atoms with Gasteiger partial charge < -0.3 is 14.8 Å². The molecule has 0 saturated carbocycles. The molecule has 0 bridgehead atoms. The predicted octanol–water partition coefficient (Wildman–Crippen LogP) is 4.71. The molecule has 0 atom stereocenters. The molecule has 0 spiro atoms. The molecule has 4 rings (SSSR count). The highest BCUT2D eigenvalue weighted by atomic mass is 16.5. The standard InChI is InChI=1S/C23H20N4O3/c1-2-29-18-12-14-19(15-13-18)30-22-11-7-6-10-20(22)24-23(28)21-16-27(26-25-21)17-8-4-3-5-9-17/h3-16H,2H2,1H3,(H,24,28). The summed E-state index contributed by atoms with van der Waals surface area (Å²) in [5.41, 5.74) is 1.56. The Balaban J connectivity index is 1.49. The molecule has 0 aliphatic heterocycles. The smallest absolute Gasteiger partial charge is 0.277 e. The van der Waals surface area contributed by atoms with E-state index in [1.165, 1.54) is 0 Å². The van der Waals surface area contributed by atoms with E-state index in [2.05, 4.69) is 15.6 Å². The van der Waals surface area contributed by atoms with Crippen LogP contribution in [0.15, 0.2) is 85.1 Å². The predicted molar refractivity (Wildman–Crippen MR) is 113 cm³/mol. The second kappa shape index (κ2) is 8.91. The van der Waals surface area contributed by atoms with Crippen molar-refractivity contribution < 1.29 is 14.3 Å². The van der Waals surface area contributed by atoms with Gasteiger partial charge in [0.15, 0.2) is 11.4 Å². The van der Waals surface area contributed by atoms with Crippen molar-refractivity contribution in [3.05, 3.63) is 90.8 Å². The number of nitrogens with one attached hydrogen (secondary N) is 1. The zero-order valence-corrected chi connectivity index (χ0v) is 16.4. The molecule has 0 radical (unpaired) electrons. The van der Waals surface area contributed by atoms with Crippen LogP contribution in [0, 0.1) is 0 Å². The molecular formula is C23H20N4O3. The van der Waals surface area contributed by atoms with Gasteiger partial charge in [0.1, 0.15) is 11.5 Å². The molecule has 1 heterocycles. The number of benzene rings is 3. The number of aromatic nitrogens is 3. The number of hydrogen-bond donors (Lipinski definition) is 1. The normalized spacial score (nSPS) is 10.4. The maximum atomic E-state index is 12.7. The summed E-state index contributed by atoms with van der Waals surface area (Å²) >= 11 is 0. The molecule has 3 aromatic carbocycles. The van der Waals surface area contributed by atoms with Gasteiger partial charge in [-0.25, -0.2) is 4.68 Å². The monoisotopic (exact) mass is 400 g/mol. The molecule has 4 aromatic rings. The zero-order chi connectivity index (χ0) is 20.8. The van der Waals surface area contributed by atoms with Crippen molar-refractivity contribution in [3.8, 4) is 22.9 Å². The van der Waals surface area contributed by atoms with Crippen molar-refractivity contribution in [1.82, 2.24) is 15.0 Å². The van der Waals surface area contributed by atoms with E-state index in [0.717, 1.165) is 11.4 Å². The quantitative estimate of drug-likeness (QED) is 0.486. The van der Waals surface area contributed by atoms with Gasteiger partial charge in [0.05, 0.1) is 24.2 Å². The van der Waals surface area contributed by atoms with E-state index in [-0.39, 0.29) is 11.6 Å². The fourth-order valence-electron chi connectivity index (χ4n) is 2.82. The number of nitrogens with zero attached hydrogens (tertiary/aromatic N) is 3. The average molecular weight is 400 g/mol. The van der Waals surface area contributed by atoms with E-state index in [4.69, 9.17) is 9.47 Å². The minimum atomic E-state index is -0.375. The van der Waals surface area contributed by atoms with Crippen LogP contribution in [-0.4, -0.2) is 27.5 Å². The van der Waals surface area contributed by atoms with Gasteiger partial charge in [-0.1, -0.05) is 35.5 Å². The second-order valence-electron chi connectivity index (χ2n) is 6.34. The Morgan fingerprint density at radius 1 is 0.933 bits per heavy atom. The number of carbonyl (C=O) groups excluding carboxylic acids is 1. The number of hydrogen-bond acceptors (Lipinski definition) is 5. The average Bonchev–Trinajstić information content (AvgIpc) is 3.28. The highest BCUT2D eigenvalue weighted by Crippen LogP contribution is 2.30. The van der Waals surface area contributed by atoms with Crippen LogP contribution in [-0.2, 0) is 0 Å². The molecule has 0 aliphatic carbocycles. The van der Waals surface area contributed by atoms with Gasteiger partial charge >= 0.3 is 0 Å². The summed E-state index contributed by atoms with van der Waals surface area (Å²) in [6.45, 7) is 2.53. The molecule has 150 valence electrons. The number of carbonyl (C=O) groups is 1. The summed E-state index contributed by atoms with van der Waals surface area (Å²) < 4.78 is 12.9. The van der Waals surface area contributed by atoms with Gasteiger partial charge in [-0.05, 0) is 55.5 Å². The maximum absolute atomic E-state index is 12.7. The lowest BCUT2D eigenvalue weighted by Crippen LogP contribution is -2.13. The van der Waals surface area contributed by atoms with Crippen LogP contribution in [0.3, 0.4) is 0 Å². The van der Waals surface area contributed by atoms with Crippen LogP contribution in [0.2, 0.25) is 0 Å². The van der Waals surface area contributed by atoms with E-state index >= 15 is 0 Å². The molecule has 0 unspecified atom stereocenters. The third-order valence-corrected chi connectivity index (χ3v) is 4.24. The summed E-state index contributed by atoms with van der Waals surface area (Å²) in [7, 11) is 0. The molecular weight excluding hydrogens is 380 g/mol. The first-order chi connectivity index (χ1) is 14.7. The summed E-state index contributed by atoms with van der Waals surface area (Å²) in [6, 6.07) is 24.0. The van der Waals surface area contributed by atoms with Crippen molar-refractivity contribution >= 4 is 11.6 Å². The molecule has 0 saturated heterocycles. The second-order valence-corrected chi connectivity index (χ2v) is 6.34. The van der Waals surface area contributed by atoms with E-state index in [1.54, 1.807) is 23.0 Å². The molecule has 1 aromatic heterocycles. The Morgan fingerprint density at radius 2 is 1.63 bits per heavy atom. The lowest BCUT2D eigenvalue weighted by atomic mass is 10.2. The van der Waals surface area contributed by atoms with Gasteiger partial charge in [-0.2, -0.15) is 0 Å². The molecule has 0 fully saturated rings. The Labute approximate surface area is 173 Å². The Kier molecular flexibility index (Phi) is 5.70. The van der Waals surface area contributed by atoms with Crippen molar-refractivity contribution in [2.45, 2.75) is 6.92 Å². The fraction of sp³-hybridized carbons (Fsp3) is 0.0870. The third-order valence-electron chi connectivity index (χ3n) is 4.24. The van der Waals surface area contributed by atoms with Crippen LogP contribution >= 0.6 is 0 Å². The van der Waals surface area contributed by atoms with E-state index in [0.29, 0.717) is 23.8 Å². The van der Waals surface area contributed by atoms with E-state index in [1.807, 2.05) is 73.7 Å². The first-order valence-corrected chi connectivity index (χ1v) is 9.52. The topological polar surface area (TPSA) is 78.3 Å². The number of ether oxygens (including phenoxy) is 2. The number of amides is 1. The summed E-state index contributed by atoms with van der Waals surface area (Å²) in [6.07, 6.45) is 1.58. The van der Waals surface area contributed by atoms with Crippen LogP contribution in [0.4, 0.5) is 5.69 Å². The number of anilines is 1. The molecule has 0 aliphatic rings. The van der Waals surface area contributed by atoms with Crippen molar-refractivity contribution in [3.63, 3.8) is 0 Å². The lowest BCUT2D eigenvalue weighted by Gasteiger charge is -2.12. The highest BCUT2D eigenvalue weighted by molar-refractivity contribution is 6.03. The van der Waals surface area contributed by atoms with Crippen molar-refractivity contribution in [2.24, 2.45) is 0 Å². The van der Waals surface area contributed by atoms with Crippen LogP contribution < -0.4 is 14.8 Å². The molecule has 1 N–H and O–H groups in total. The lowest BCUT2D eigenvalue weighted by molar-refractivity contribution is 0.102. The molecule has 1 amide bonds. The molecule has 30 heavy (non-hydrogen) atoms. The van der Waals surface area contributed by atoms with Crippen molar-refractivity contribution in [1.29, 1.82) is 0 Å². The number of para-hydroxylation sites is 3. The van der Waals surface area contributed by atoms with Crippen LogP contribution in [0.5, 0.6) is 17.2 Å². The number of rotatable bonds is 7. The summed E-state index contributed by atoms with van der Waals surface area (Å²) in [4.78, 5) is 12.7. The minimum Gasteiger partial charge on any atom is -0.494 e. The summed E-state index contributed by atoms with van der Waals surface area (Å²) in [5, 5.41) is 10.8. The van der Waals surface area contributed by atoms with Gasteiger partial charge in [-0.3, -0.25) is 4.79 Å². The van der Waals surface area contributed by atoms with E-state index < -0.39 is 0 Å². The van der Waals surface area contributed by atoms with Gasteiger partial charge in [0.2, 0.25) is 0 Å². The SMILES string of the molecule is CCOc1ccc(Oc2ccccc2NC(=O)c2cn(-c3ccccc3)nn2)cc1. The fourth-order valence-corrected chi connectivity index (χ4v) is 2.82. The zero-order valence-electron chi connectivity index (χ0n) is 16.4. The minimum absolute atomic E-state index is 0.203. The van der Waals surface area contributed by atoms with Gasteiger partial charge in [-0.15, -0.1) is 5.10 Å². The van der Waals surface area contributed by atoms with Gasteiger partial charge in [0.25, 0.3) is 5.91 Å². The molecule has 7 nitrogen and oxygen atoms in total. The first kappa shape index (κ1) is 19.2. The van der Waals surface area contributed by atoms with Crippen LogP contribution in [0.25, 0.3) is 5.69 Å².